The largest absolute Gasteiger partial charge is 0.481 e. The second kappa shape index (κ2) is 12.8. The lowest BCUT2D eigenvalue weighted by Crippen LogP contribution is -2.37. The predicted molar refractivity (Wildman–Crippen MR) is 123 cm³/mol. The molecule has 1 aromatic carbocycles. The predicted octanol–water partition coefficient (Wildman–Crippen LogP) is 5.70. The van der Waals surface area contributed by atoms with Crippen LogP contribution >= 0.6 is 24.8 Å². The van der Waals surface area contributed by atoms with Crippen LogP contribution in [0, 0.1) is 11.8 Å². The van der Waals surface area contributed by atoms with Gasteiger partial charge in [0.05, 0.1) is 5.92 Å². The highest BCUT2D eigenvalue weighted by molar-refractivity contribution is 5.85. The van der Waals surface area contributed by atoms with Crippen LogP contribution in [-0.4, -0.2) is 34.0 Å². The Morgan fingerprint density at radius 2 is 1.90 bits per heavy atom. The van der Waals surface area contributed by atoms with Gasteiger partial charge in [-0.3, -0.25) is 14.7 Å². The highest BCUT2D eigenvalue weighted by Gasteiger charge is 2.30. The first-order chi connectivity index (χ1) is 13.2. The molecule has 160 valence electrons. The molecule has 29 heavy (non-hydrogen) atoms. The summed E-state index contributed by atoms with van der Waals surface area (Å²) in [4.78, 5) is 18.4. The topological polar surface area (TPSA) is 53.4 Å². The van der Waals surface area contributed by atoms with Crippen molar-refractivity contribution in [3.8, 4) is 11.1 Å². The summed E-state index contributed by atoms with van der Waals surface area (Å²) in [7, 11) is 0. The zero-order valence-corrected chi connectivity index (χ0v) is 18.6. The molecule has 2 heterocycles. The van der Waals surface area contributed by atoms with Crippen LogP contribution in [0.25, 0.3) is 11.1 Å². The Labute approximate surface area is 186 Å². The van der Waals surface area contributed by atoms with E-state index >= 15 is 0 Å². The molecule has 1 fully saturated rings. The lowest BCUT2D eigenvalue weighted by molar-refractivity contribution is -0.144. The van der Waals surface area contributed by atoms with Crippen molar-refractivity contribution in [2.75, 3.05) is 13.1 Å². The fourth-order valence-corrected chi connectivity index (χ4v) is 4.20. The second-order valence-electron chi connectivity index (χ2n) is 7.60. The van der Waals surface area contributed by atoms with Crippen LogP contribution in [0.5, 0.6) is 0 Å². The van der Waals surface area contributed by atoms with Gasteiger partial charge in [-0.15, -0.1) is 24.8 Å². The first-order valence-corrected chi connectivity index (χ1v) is 10.1. The SMILES string of the molecule is CCCCC(C(=O)O)C1CCN(Cc2ccccc2-c2cccnc2)CC1.Cl.Cl. The quantitative estimate of drug-likeness (QED) is 0.574. The van der Waals surface area contributed by atoms with Gasteiger partial charge in [-0.25, -0.2) is 0 Å². The molecule has 0 amide bonds. The Hall–Kier alpha value is -1.62. The molecular formula is C23H32Cl2N2O2. The number of nitrogens with zero attached hydrogens (tertiary/aromatic N) is 2. The maximum atomic E-state index is 11.7. The molecule has 6 heteroatoms. The van der Waals surface area contributed by atoms with E-state index in [0.717, 1.165) is 57.3 Å². The van der Waals surface area contributed by atoms with Crippen LogP contribution in [0.3, 0.4) is 0 Å². The van der Waals surface area contributed by atoms with Gasteiger partial charge in [0.1, 0.15) is 0 Å². The van der Waals surface area contributed by atoms with Crippen LogP contribution in [0.15, 0.2) is 48.8 Å². The van der Waals surface area contributed by atoms with Gasteiger partial charge in [-0.1, -0.05) is 50.1 Å². The Morgan fingerprint density at radius 1 is 1.17 bits per heavy atom. The number of piperidine rings is 1. The summed E-state index contributed by atoms with van der Waals surface area (Å²) in [6.45, 7) is 4.98. The van der Waals surface area contributed by atoms with E-state index in [-0.39, 0.29) is 30.7 Å². The Bertz CT molecular complexity index is 735. The maximum absolute atomic E-state index is 11.7. The molecule has 3 rings (SSSR count). The van der Waals surface area contributed by atoms with Gasteiger partial charge >= 0.3 is 5.97 Å². The normalized spacial score (nSPS) is 15.8. The van der Waals surface area contributed by atoms with E-state index in [2.05, 4.69) is 47.1 Å². The Balaban J connectivity index is 0.00000210. The van der Waals surface area contributed by atoms with Crippen molar-refractivity contribution >= 4 is 30.8 Å². The van der Waals surface area contributed by atoms with E-state index in [9.17, 15) is 9.90 Å². The third kappa shape index (κ3) is 6.98. The minimum absolute atomic E-state index is 0. The molecule has 2 aromatic rings. The summed E-state index contributed by atoms with van der Waals surface area (Å²) >= 11 is 0. The van der Waals surface area contributed by atoms with E-state index in [4.69, 9.17) is 0 Å². The number of carbonyl (C=O) groups is 1. The average molecular weight is 439 g/mol. The van der Waals surface area contributed by atoms with E-state index in [0.29, 0.717) is 5.92 Å². The molecule has 1 aliphatic heterocycles. The number of rotatable bonds is 8. The van der Waals surface area contributed by atoms with Crippen LogP contribution in [0.2, 0.25) is 0 Å². The van der Waals surface area contributed by atoms with Crippen LogP contribution < -0.4 is 0 Å². The van der Waals surface area contributed by atoms with Crippen molar-refractivity contribution in [3.63, 3.8) is 0 Å². The maximum Gasteiger partial charge on any atom is 0.306 e. The van der Waals surface area contributed by atoms with E-state index in [1.165, 1.54) is 11.1 Å². The number of aromatic nitrogens is 1. The van der Waals surface area contributed by atoms with Crippen molar-refractivity contribution in [2.24, 2.45) is 11.8 Å². The standard InChI is InChI=1S/C23H30N2O2.2ClH/c1-2-3-9-22(23(26)27)18-11-14-25(15-12-18)17-20-7-4-5-10-21(20)19-8-6-13-24-16-19;;/h4-8,10,13,16,18,22H,2-3,9,11-12,14-15,17H2,1H3,(H,26,27);2*1H. The number of hydrogen-bond donors (Lipinski definition) is 1. The van der Waals surface area contributed by atoms with Crippen molar-refractivity contribution < 1.29 is 9.90 Å². The number of hydrogen-bond acceptors (Lipinski definition) is 3. The Morgan fingerprint density at radius 3 is 2.52 bits per heavy atom. The molecule has 1 atom stereocenters. The molecule has 1 saturated heterocycles. The number of benzene rings is 1. The van der Waals surface area contributed by atoms with Crippen molar-refractivity contribution in [2.45, 2.75) is 45.6 Å². The van der Waals surface area contributed by atoms with E-state index in [1.807, 2.05) is 12.3 Å². The highest BCUT2D eigenvalue weighted by Crippen LogP contribution is 2.31. The Kier molecular flexibility index (Phi) is 11.3. The first-order valence-electron chi connectivity index (χ1n) is 10.1. The van der Waals surface area contributed by atoms with Crippen molar-refractivity contribution in [3.05, 3.63) is 54.4 Å². The fraction of sp³-hybridized carbons (Fsp3) is 0.478. The van der Waals surface area contributed by atoms with Crippen LogP contribution in [0.1, 0.15) is 44.6 Å². The van der Waals surface area contributed by atoms with Gasteiger partial charge in [0.25, 0.3) is 0 Å². The monoisotopic (exact) mass is 438 g/mol. The molecule has 0 aliphatic carbocycles. The average Bonchev–Trinajstić information content (AvgIpc) is 2.70. The first kappa shape index (κ1) is 25.4. The number of aliphatic carboxylic acids is 1. The molecule has 0 saturated carbocycles. The molecule has 0 radical (unpaired) electrons. The fourth-order valence-electron chi connectivity index (χ4n) is 4.20. The number of likely N-dealkylation sites (tertiary alicyclic amines) is 1. The lowest BCUT2D eigenvalue weighted by atomic mass is 9.81. The molecule has 1 N–H and O–H groups in total. The highest BCUT2D eigenvalue weighted by atomic mass is 35.5. The number of carboxylic acid groups (broad SMARTS) is 1. The van der Waals surface area contributed by atoms with Gasteiger partial charge in [0.2, 0.25) is 0 Å². The molecule has 0 bridgehead atoms. The van der Waals surface area contributed by atoms with Gasteiger partial charge in [0, 0.05) is 24.5 Å². The molecule has 1 unspecified atom stereocenters. The summed E-state index contributed by atoms with van der Waals surface area (Å²) < 4.78 is 0. The third-order valence-corrected chi connectivity index (χ3v) is 5.77. The van der Waals surface area contributed by atoms with Crippen molar-refractivity contribution in [1.29, 1.82) is 0 Å². The number of unbranched alkanes of at least 4 members (excludes halogenated alkanes) is 1. The van der Waals surface area contributed by atoms with E-state index in [1.54, 1.807) is 6.20 Å². The molecule has 4 nitrogen and oxygen atoms in total. The smallest absolute Gasteiger partial charge is 0.306 e. The van der Waals surface area contributed by atoms with E-state index < -0.39 is 5.97 Å². The summed E-state index contributed by atoms with van der Waals surface area (Å²) in [5, 5.41) is 9.60. The second-order valence-corrected chi connectivity index (χ2v) is 7.60. The molecule has 1 aliphatic rings. The number of halogens is 2. The zero-order chi connectivity index (χ0) is 19.1. The zero-order valence-electron chi connectivity index (χ0n) is 17.0. The van der Waals surface area contributed by atoms with Gasteiger partial charge < -0.3 is 5.11 Å². The lowest BCUT2D eigenvalue weighted by Gasteiger charge is -2.35. The third-order valence-electron chi connectivity index (χ3n) is 5.77. The molecule has 1 aromatic heterocycles. The van der Waals surface area contributed by atoms with Crippen molar-refractivity contribution in [1.82, 2.24) is 9.88 Å². The summed E-state index contributed by atoms with van der Waals surface area (Å²) in [6, 6.07) is 12.6. The van der Waals surface area contributed by atoms with Gasteiger partial charge in [0.15, 0.2) is 0 Å². The number of carboxylic acids is 1. The van der Waals surface area contributed by atoms with Crippen LogP contribution in [0.4, 0.5) is 0 Å². The minimum atomic E-state index is -0.608. The van der Waals surface area contributed by atoms with Gasteiger partial charge in [-0.2, -0.15) is 0 Å². The van der Waals surface area contributed by atoms with Crippen LogP contribution in [-0.2, 0) is 11.3 Å². The summed E-state index contributed by atoms with van der Waals surface area (Å²) in [5.74, 6) is -0.461. The summed E-state index contributed by atoms with van der Waals surface area (Å²) in [5.41, 5.74) is 3.69. The van der Waals surface area contributed by atoms with Gasteiger partial charge in [-0.05, 0) is 55.5 Å². The minimum Gasteiger partial charge on any atom is -0.481 e. The summed E-state index contributed by atoms with van der Waals surface area (Å²) in [6.07, 6.45) is 8.57. The number of pyridine rings is 1. The molecule has 0 spiro atoms. The molecular weight excluding hydrogens is 407 g/mol.